The zero-order valence-corrected chi connectivity index (χ0v) is 9.31. The van der Waals surface area contributed by atoms with Crippen molar-refractivity contribution in [1.82, 2.24) is 10.6 Å². The van der Waals surface area contributed by atoms with Crippen LogP contribution in [0.25, 0.3) is 0 Å². The fourth-order valence-electron chi connectivity index (χ4n) is 1.93. The summed E-state index contributed by atoms with van der Waals surface area (Å²) in [4.78, 5) is 10.9. The van der Waals surface area contributed by atoms with Crippen LogP contribution in [0.1, 0.15) is 39.5 Å². The summed E-state index contributed by atoms with van der Waals surface area (Å²) in [5, 5.41) is 6.38. The summed E-state index contributed by atoms with van der Waals surface area (Å²) in [6, 6.07) is 0.372. The molecule has 0 radical (unpaired) electrons. The first-order valence-electron chi connectivity index (χ1n) is 5.72. The van der Waals surface area contributed by atoms with E-state index in [0.717, 1.165) is 25.4 Å². The van der Waals surface area contributed by atoms with Gasteiger partial charge in [-0.3, -0.25) is 4.79 Å². The second kappa shape index (κ2) is 6.02. The summed E-state index contributed by atoms with van der Waals surface area (Å²) in [7, 11) is 0. The van der Waals surface area contributed by atoms with E-state index in [1.165, 1.54) is 12.8 Å². The zero-order valence-electron chi connectivity index (χ0n) is 9.31. The number of carbonyl (C=O) groups excluding carboxylic acids is 1. The number of rotatable bonds is 6. The summed E-state index contributed by atoms with van der Waals surface area (Å²) < 4.78 is 0. The molecule has 1 heterocycles. The van der Waals surface area contributed by atoms with Gasteiger partial charge >= 0.3 is 0 Å². The van der Waals surface area contributed by atoms with E-state index in [4.69, 9.17) is 0 Å². The van der Waals surface area contributed by atoms with Gasteiger partial charge in [-0.15, -0.1) is 0 Å². The molecule has 1 saturated heterocycles. The summed E-state index contributed by atoms with van der Waals surface area (Å²) in [5.41, 5.74) is 0. The van der Waals surface area contributed by atoms with Gasteiger partial charge in [0, 0.05) is 19.0 Å². The number of hydrogen-bond acceptors (Lipinski definition) is 2. The van der Waals surface area contributed by atoms with E-state index in [1.807, 2.05) is 0 Å². The first-order chi connectivity index (χ1) is 6.72. The Kier molecular flexibility index (Phi) is 4.94. The van der Waals surface area contributed by atoms with Crippen LogP contribution in [0.3, 0.4) is 0 Å². The number of amides is 1. The van der Waals surface area contributed by atoms with Crippen molar-refractivity contribution in [2.75, 3.05) is 13.1 Å². The third kappa shape index (κ3) is 4.09. The Morgan fingerprint density at radius 3 is 3.00 bits per heavy atom. The SMILES string of the molecule is CCCC(C)CNCC1CCC(=O)N1. The van der Waals surface area contributed by atoms with Crippen molar-refractivity contribution in [3.63, 3.8) is 0 Å². The van der Waals surface area contributed by atoms with E-state index in [1.54, 1.807) is 0 Å². The number of nitrogens with one attached hydrogen (secondary N) is 2. The predicted molar refractivity (Wildman–Crippen MR) is 58.1 cm³/mol. The molecule has 1 rings (SSSR count). The van der Waals surface area contributed by atoms with E-state index >= 15 is 0 Å². The Morgan fingerprint density at radius 2 is 2.43 bits per heavy atom. The van der Waals surface area contributed by atoms with E-state index in [-0.39, 0.29) is 5.91 Å². The van der Waals surface area contributed by atoms with Crippen LogP contribution in [0.15, 0.2) is 0 Å². The van der Waals surface area contributed by atoms with Crippen molar-refractivity contribution in [2.24, 2.45) is 5.92 Å². The largest absolute Gasteiger partial charge is 0.352 e. The molecule has 2 unspecified atom stereocenters. The predicted octanol–water partition coefficient (Wildman–Crippen LogP) is 1.29. The standard InChI is InChI=1S/C11H22N2O/c1-3-4-9(2)7-12-8-10-5-6-11(14)13-10/h9-10,12H,3-8H2,1-2H3,(H,13,14). The van der Waals surface area contributed by atoms with Gasteiger partial charge in [-0.05, 0) is 25.3 Å². The highest BCUT2D eigenvalue weighted by Crippen LogP contribution is 2.06. The summed E-state index contributed by atoms with van der Waals surface area (Å²) in [5.74, 6) is 0.954. The molecular formula is C11H22N2O. The lowest BCUT2D eigenvalue weighted by Crippen LogP contribution is -2.37. The molecule has 3 nitrogen and oxygen atoms in total. The van der Waals surface area contributed by atoms with Gasteiger partial charge in [0.25, 0.3) is 0 Å². The van der Waals surface area contributed by atoms with Gasteiger partial charge in [0.1, 0.15) is 0 Å². The molecule has 1 fully saturated rings. The highest BCUT2D eigenvalue weighted by atomic mass is 16.1. The van der Waals surface area contributed by atoms with Gasteiger partial charge in [-0.25, -0.2) is 0 Å². The van der Waals surface area contributed by atoms with Crippen molar-refractivity contribution in [3.05, 3.63) is 0 Å². The molecule has 0 aromatic rings. The lowest BCUT2D eigenvalue weighted by molar-refractivity contribution is -0.119. The van der Waals surface area contributed by atoms with E-state index in [0.29, 0.717) is 12.5 Å². The van der Waals surface area contributed by atoms with Crippen LogP contribution >= 0.6 is 0 Å². The second-order valence-electron chi connectivity index (χ2n) is 4.36. The minimum atomic E-state index is 0.207. The maximum Gasteiger partial charge on any atom is 0.220 e. The first-order valence-corrected chi connectivity index (χ1v) is 5.72. The maximum atomic E-state index is 10.9. The topological polar surface area (TPSA) is 41.1 Å². The number of carbonyl (C=O) groups is 1. The normalized spacial score (nSPS) is 23.6. The lowest BCUT2D eigenvalue weighted by Gasteiger charge is -2.14. The molecular weight excluding hydrogens is 176 g/mol. The summed E-state index contributed by atoms with van der Waals surface area (Å²) in [6.45, 7) is 6.48. The molecule has 1 aliphatic heterocycles. The molecule has 0 bridgehead atoms. The average Bonchev–Trinajstić information content (AvgIpc) is 2.52. The van der Waals surface area contributed by atoms with Crippen molar-refractivity contribution < 1.29 is 4.79 Å². The van der Waals surface area contributed by atoms with Crippen LogP contribution in [0, 0.1) is 5.92 Å². The molecule has 0 saturated carbocycles. The Balaban J connectivity index is 2.01. The second-order valence-corrected chi connectivity index (χ2v) is 4.36. The summed E-state index contributed by atoms with van der Waals surface area (Å²) >= 11 is 0. The number of hydrogen-bond donors (Lipinski definition) is 2. The highest BCUT2D eigenvalue weighted by molar-refractivity contribution is 5.78. The van der Waals surface area contributed by atoms with Crippen LogP contribution in [0.4, 0.5) is 0 Å². The van der Waals surface area contributed by atoms with Crippen LogP contribution in [-0.4, -0.2) is 25.0 Å². The van der Waals surface area contributed by atoms with E-state index in [2.05, 4.69) is 24.5 Å². The lowest BCUT2D eigenvalue weighted by atomic mass is 10.1. The fraction of sp³-hybridized carbons (Fsp3) is 0.909. The van der Waals surface area contributed by atoms with Crippen molar-refractivity contribution in [3.8, 4) is 0 Å². The van der Waals surface area contributed by atoms with Gasteiger partial charge in [-0.2, -0.15) is 0 Å². The van der Waals surface area contributed by atoms with Crippen LogP contribution < -0.4 is 10.6 Å². The molecule has 0 aromatic heterocycles. The minimum Gasteiger partial charge on any atom is -0.352 e. The quantitative estimate of drug-likeness (QED) is 0.675. The van der Waals surface area contributed by atoms with Crippen LogP contribution in [-0.2, 0) is 4.79 Å². The van der Waals surface area contributed by atoms with Crippen LogP contribution in [0.5, 0.6) is 0 Å². The maximum absolute atomic E-state index is 10.9. The van der Waals surface area contributed by atoms with Gasteiger partial charge in [0.15, 0.2) is 0 Å². The van der Waals surface area contributed by atoms with Gasteiger partial charge in [0.2, 0.25) is 5.91 Å². The average molecular weight is 198 g/mol. The third-order valence-electron chi connectivity index (χ3n) is 2.75. The molecule has 1 aliphatic rings. The minimum absolute atomic E-state index is 0.207. The van der Waals surface area contributed by atoms with Crippen molar-refractivity contribution in [2.45, 2.75) is 45.6 Å². The molecule has 0 aromatic carbocycles. The van der Waals surface area contributed by atoms with Crippen LogP contribution in [0.2, 0.25) is 0 Å². The van der Waals surface area contributed by atoms with Crippen molar-refractivity contribution in [1.29, 1.82) is 0 Å². The Hall–Kier alpha value is -0.570. The molecule has 0 aliphatic carbocycles. The molecule has 2 atom stereocenters. The molecule has 2 N–H and O–H groups in total. The van der Waals surface area contributed by atoms with Gasteiger partial charge in [-0.1, -0.05) is 20.3 Å². The van der Waals surface area contributed by atoms with Gasteiger partial charge in [0.05, 0.1) is 0 Å². The fourth-order valence-corrected chi connectivity index (χ4v) is 1.93. The molecule has 0 spiro atoms. The van der Waals surface area contributed by atoms with E-state index in [9.17, 15) is 4.79 Å². The van der Waals surface area contributed by atoms with Crippen molar-refractivity contribution >= 4 is 5.91 Å². The Bertz CT molecular complexity index is 182. The Labute approximate surface area is 86.6 Å². The zero-order chi connectivity index (χ0) is 10.4. The Morgan fingerprint density at radius 1 is 1.64 bits per heavy atom. The molecule has 3 heteroatoms. The third-order valence-corrected chi connectivity index (χ3v) is 2.75. The molecule has 1 amide bonds. The molecule has 82 valence electrons. The summed E-state index contributed by atoms with van der Waals surface area (Å²) in [6.07, 6.45) is 4.23. The van der Waals surface area contributed by atoms with E-state index < -0.39 is 0 Å². The first kappa shape index (κ1) is 11.5. The smallest absolute Gasteiger partial charge is 0.220 e. The highest BCUT2D eigenvalue weighted by Gasteiger charge is 2.19. The molecule has 14 heavy (non-hydrogen) atoms. The van der Waals surface area contributed by atoms with Gasteiger partial charge < -0.3 is 10.6 Å². The monoisotopic (exact) mass is 198 g/mol.